The van der Waals surface area contributed by atoms with E-state index in [2.05, 4.69) is 5.32 Å². The molecule has 0 bridgehead atoms. The number of aliphatic hydroxyl groups excluding tert-OH is 1. The lowest BCUT2D eigenvalue weighted by molar-refractivity contribution is -0.122. The number of carbonyl (C=O) groups excluding carboxylic acids is 1. The van der Waals surface area contributed by atoms with Gasteiger partial charge in [-0.25, -0.2) is 8.78 Å². The van der Waals surface area contributed by atoms with E-state index in [1.165, 1.54) is 6.07 Å². The Bertz CT molecular complexity index is 785. The number of nitrogens with zero attached hydrogens (tertiary/aromatic N) is 1. The molecule has 0 saturated carbocycles. The third-order valence-electron chi connectivity index (χ3n) is 3.87. The van der Waals surface area contributed by atoms with E-state index in [0.717, 1.165) is 17.7 Å². The number of aryl methyl sites for hydroxylation is 1. The normalized spacial score (nSPS) is 12.9. The second-order valence-electron chi connectivity index (χ2n) is 5.78. The molecule has 0 aromatic heterocycles. The molecule has 0 aliphatic heterocycles. The summed E-state index contributed by atoms with van der Waals surface area (Å²) in [5, 5.41) is 21.6. The fourth-order valence-corrected chi connectivity index (χ4v) is 2.39. The lowest BCUT2D eigenvalue weighted by Gasteiger charge is -2.21. The Morgan fingerprint density at radius 3 is 2.48 bits per heavy atom. The second-order valence-corrected chi connectivity index (χ2v) is 5.78. The van der Waals surface area contributed by atoms with Gasteiger partial charge in [-0.1, -0.05) is 18.2 Å². The van der Waals surface area contributed by atoms with Crippen LogP contribution in [0.2, 0.25) is 0 Å². The zero-order chi connectivity index (χ0) is 18.4. The number of nitriles is 1. The van der Waals surface area contributed by atoms with Gasteiger partial charge in [0.15, 0.2) is 11.6 Å². The molecule has 2 unspecified atom stereocenters. The summed E-state index contributed by atoms with van der Waals surface area (Å²) >= 11 is 0. The molecular formula is C19H18F2N2O2. The van der Waals surface area contributed by atoms with Gasteiger partial charge in [-0.15, -0.1) is 0 Å². The van der Waals surface area contributed by atoms with Crippen molar-refractivity contribution in [3.8, 4) is 6.07 Å². The van der Waals surface area contributed by atoms with Crippen molar-refractivity contribution in [3.05, 3.63) is 70.8 Å². The molecule has 0 fully saturated rings. The average molecular weight is 344 g/mol. The van der Waals surface area contributed by atoms with Gasteiger partial charge in [0.05, 0.1) is 23.8 Å². The molecule has 0 heterocycles. The van der Waals surface area contributed by atoms with Gasteiger partial charge in [0.1, 0.15) is 0 Å². The van der Waals surface area contributed by atoms with Crippen molar-refractivity contribution in [2.45, 2.75) is 31.9 Å². The lowest BCUT2D eigenvalue weighted by atomic mass is 10.0. The molecular weight excluding hydrogens is 326 g/mol. The fraction of sp³-hybridized carbons (Fsp3) is 0.263. The number of halogens is 2. The summed E-state index contributed by atoms with van der Waals surface area (Å²) in [4.78, 5) is 12.0. The molecule has 2 aromatic rings. The number of hydrogen-bond donors (Lipinski definition) is 2. The molecule has 2 atom stereocenters. The summed E-state index contributed by atoms with van der Waals surface area (Å²) < 4.78 is 26.2. The Hall–Kier alpha value is -2.78. The first-order chi connectivity index (χ1) is 11.9. The minimum atomic E-state index is -1.14. The van der Waals surface area contributed by atoms with Crippen molar-refractivity contribution in [1.82, 2.24) is 5.32 Å². The zero-order valence-electron chi connectivity index (χ0n) is 13.7. The van der Waals surface area contributed by atoms with Crippen molar-refractivity contribution in [1.29, 1.82) is 5.26 Å². The van der Waals surface area contributed by atoms with Crippen LogP contribution in [-0.4, -0.2) is 17.1 Å². The summed E-state index contributed by atoms with van der Waals surface area (Å²) in [6.45, 7) is 1.59. The van der Waals surface area contributed by atoms with E-state index < -0.39 is 23.8 Å². The first kappa shape index (κ1) is 18.6. The van der Waals surface area contributed by atoms with Crippen LogP contribution < -0.4 is 5.32 Å². The monoisotopic (exact) mass is 344 g/mol. The van der Waals surface area contributed by atoms with Gasteiger partial charge < -0.3 is 10.4 Å². The van der Waals surface area contributed by atoms with Crippen molar-refractivity contribution in [2.24, 2.45) is 0 Å². The molecule has 0 aliphatic carbocycles. The van der Waals surface area contributed by atoms with Crippen molar-refractivity contribution >= 4 is 5.91 Å². The molecule has 2 aromatic carbocycles. The Labute approximate surface area is 144 Å². The third kappa shape index (κ3) is 5.10. The lowest BCUT2D eigenvalue weighted by Crippen LogP contribution is -2.37. The van der Waals surface area contributed by atoms with Crippen LogP contribution in [0.1, 0.15) is 36.1 Å². The van der Waals surface area contributed by atoms with Crippen LogP contribution in [0, 0.1) is 23.0 Å². The Balaban J connectivity index is 1.88. The predicted molar refractivity (Wildman–Crippen MR) is 88.4 cm³/mol. The quantitative estimate of drug-likeness (QED) is 0.846. The molecule has 1 amide bonds. The molecule has 25 heavy (non-hydrogen) atoms. The molecule has 2 N–H and O–H groups in total. The molecule has 6 heteroatoms. The maximum absolute atomic E-state index is 13.2. The molecule has 0 aliphatic rings. The number of amides is 1. The minimum Gasteiger partial charge on any atom is -0.386 e. The van der Waals surface area contributed by atoms with Crippen molar-refractivity contribution in [3.63, 3.8) is 0 Å². The third-order valence-corrected chi connectivity index (χ3v) is 3.87. The van der Waals surface area contributed by atoms with Crippen LogP contribution in [0.3, 0.4) is 0 Å². The van der Waals surface area contributed by atoms with Crippen molar-refractivity contribution in [2.75, 3.05) is 0 Å². The topological polar surface area (TPSA) is 73.1 Å². The fourth-order valence-electron chi connectivity index (χ4n) is 2.39. The van der Waals surface area contributed by atoms with E-state index in [4.69, 9.17) is 5.26 Å². The Morgan fingerprint density at radius 1 is 1.20 bits per heavy atom. The number of carbonyl (C=O) groups is 1. The number of nitrogens with one attached hydrogen (secondary N) is 1. The predicted octanol–water partition coefficient (Wildman–Crippen LogP) is 3.01. The second kappa shape index (κ2) is 8.36. The summed E-state index contributed by atoms with van der Waals surface area (Å²) in [5.41, 5.74) is 1.67. The van der Waals surface area contributed by atoms with Crippen LogP contribution in [0.4, 0.5) is 8.78 Å². The van der Waals surface area contributed by atoms with Crippen LogP contribution in [0.5, 0.6) is 0 Å². The van der Waals surface area contributed by atoms with Gasteiger partial charge in [0.25, 0.3) is 0 Å². The van der Waals surface area contributed by atoms with E-state index >= 15 is 0 Å². The largest absolute Gasteiger partial charge is 0.386 e. The minimum absolute atomic E-state index is 0.193. The number of hydrogen-bond acceptors (Lipinski definition) is 3. The number of rotatable bonds is 6. The highest BCUT2D eigenvalue weighted by atomic mass is 19.2. The summed E-state index contributed by atoms with van der Waals surface area (Å²) in [7, 11) is 0. The maximum atomic E-state index is 13.2. The SMILES string of the molecule is CC(NC(=O)CCc1ccc(C#N)cc1)C(O)c1ccc(F)c(F)c1. The van der Waals surface area contributed by atoms with Crippen molar-refractivity contribution < 1.29 is 18.7 Å². The van der Waals surface area contributed by atoms with Gasteiger partial charge in [0.2, 0.25) is 5.91 Å². The van der Waals surface area contributed by atoms with Crippen LogP contribution in [0.15, 0.2) is 42.5 Å². The van der Waals surface area contributed by atoms with E-state index in [9.17, 15) is 18.7 Å². The Kier molecular flexibility index (Phi) is 6.20. The molecule has 0 spiro atoms. The van der Waals surface area contributed by atoms with E-state index in [1.807, 2.05) is 6.07 Å². The molecule has 130 valence electrons. The van der Waals surface area contributed by atoms with E-state index in [-0.39, 0.29) is 17.9 Å². The summed E-state index contributed by atoms with van der Waals surface area (Å²) in [6, 6.07) is 11.4. The van der Waals surface area contributed by atoms with Gasteiger partial charge in [-0.3, -0.25) is 4.79 Å². The molecule has 0 radical (unpaired) electrons. The Morgan fingerprint density at radius 2 is 1.88 bits per heavy atom. The standard InChI is InChI=1S/C19H18F2N2O2/c1-12(19(25)15-7-8-16(20)17(21)10-15)23-18(24)9-6-13-2-4-14(11-22)5-3-13/h2-5,7-8,10,12,19,25H,6,9H2,1H3,(H,23,24). The number of aliphatic hydroxyl groups is 1. The van der Waals surface area contributed by atoms with Gasteiger partial charge in [0, 0.05) is 6.42 Å². The van der Waals surface area contributed by atoms with E-state index in [0.29, 0.717) is 12.0 Å². The summed E-state index contributed by atoms with van der Waals surface area (Å²) in [6.07, 6.45) is -0.444. The first-order valence-electron chi connectivity index (χ1n) is 7.82. The highest BCUT2D eigenvalue weighted by Gasteiger charge is 2.19. The van der Waals surface area contributed by atoms with Crippen LogP contribution in [0.25, 0.3) is 0 Å². The highest BCUT2D eigenvalue weighted by Crippen LogP contribution is 2.19. The highest BCUT2D eigenvalue weighted by molar-refractivity contribution is 5.76. The molecule has 4 nitrogen and oxygen atoms in total. The van der Waals surface area contributed by atoms with Gasteiger partial charge in [-0.05, 0) is 48.7 Å². The smallest absolute Gasteiger partial charge is 0.220 e. The maximum Gasteiger partial charge on any atom is 0.220 e. The first-order valence-corrected chi connectivity index (χ1v) is 7.82. The molecule has 2 rings (SSSR count). The van der Waals surface area contributed by atoms with Gasteiger partial charge in [-0.2, -0.15) is 5.26 Å². The van der Waals surface area contributed by atoms with Crippen LogP contribution >= 0.6 is 0 Å². The number of benzene rings is 2. The van der Waals surface area contributed by atoms with E-state index in [1.54, 1.807) is 31.2 Å². The van der Waals surface area contributed by atoms with Crippen LogP contribution in [-0.2, 0) is 11.2 Å². The van der Waals surface area contributed by atoms with Gasteiger partial charge >= 0.3 is 0 Å². The molecule has 0 saturated heterocycles. The zero-order valence-corrected chi connectivity index (χ0v) is 13.7. The summed E-state index contributed by atoms with van der Waals surface area (Å²) in [5.74, 6) is -2.30. The average Bonchev–Trinajstić information content (AvgIpc) is 2.62.